The Bertz CT molecular complexity index is 268. The molecule has 11 heavy (non-hydrogen) atoms. The summed E-state index contributed by atoms with van der Waals surface area (Å²) in [7, 11) is 0. The van der Waals surface area contributed by atoms with Crippen LogP contribution < -0.4 is 5.32 Å². The van der Waals surface area contributed by atoms with Gasteiger partial charge in [0.2, 0.25) is 0 Å². The van der Waals surface area contributed by atoms with E-state index in [4.69, 9.17) is 5.26 Å². The molecule has 0 bridgehead atoms. The van der Waals surface area contributed by atoms with Crippen LogP contribution in [-0.2, 0) is 0 Å². The Labute approximate surface area is 66.2 Å². The van der Waals surface area contributed by atoms with E-state index < -0.39 is 0 Å². The van der Waals surface area contributed by atoms with E-state index >= 15 is 0 Å². The highest BCUT2D eigenvalue weighted by Gasteiger charge is 2.23. The maximum absolute atomic E-state index is 8.64. The first-order valence-corrected chi connectivity index (χ1v) is 3.95. The molecule has 0 spiro atoms. The van der Waals surface area contributed by atoms with Gasteiger partial charge in [0.05, 0.1) is 6.07 Å². The maximum Gasteiger partial charge on any atom is 0.0947 e. The van der Waals surface area contributed by atoms with Crippen LogP contribution in [-0.4, -0.2) is 6.54 Å². The van der Waals surface area contributed by atoms with Crippen molar-refractivity contribution in [1.82, 2.24) is 5.32 Å². The van der Waals surface area contributed by atoms with Gasteiger partial charge in [-0.3, -0.25) is 0 Å². The number of allylic oxidation sites excluding steroid dienone is 4. The molecule has 1 aliphatic carbocycles. The van der Waals surface area contributed by atoms with E-state index in [1.165, 1.54) is 12.1 Å². The van der Waals surface area contributed by atoms with Crippen molar-refractivity contribution in [3.63, 3.8) is 0 Å². The summed E-state index contributed by atoms with van der Waals surface area (Å²) in [4.78, 5) is 0. The molecule has 1 aliphatic heterocycles. The Balaban J connectivity index is 2.23. The molecule has 1 N–H and O–H groups in total. The van der Waals surface area contributed by atoms with Crippen LogP contribution in [0.1, 0.15) is 12.8 Å². The summed E-state index contributed by atoms with van der Waals surface area (Å²) in [6.45, 7) is 1.07. The molecular weight excluding hydrogens is 136 g/mol. The Hall–Kier alpha value is -1.23. The van der Waals surface area contributed by atoms with Gasteiger partial charge in [0.1, 0.15) is 0 Å². The standard InChI is InChI=1S/C9H10N2/c10-6-7-1-2-9-8(5-7)3-4-11-9/h1-2,8,11H,3-5H2. The molecule has 0 saturated carbocycles. The monoisotopic (exact) mass is 146 g/mol. The zero-order valence-corrected chi connectivity index (χ0v) is 6.30. The molecular formula is C9H10N2. The fourth-order valence-electron chi connectivity index (χ4n) is 1.70. The minimum atomic E-state index is 0.606. The van der Waals surface area contributed by atoms with E-state index in [9.17, 15) is 0 Å². The number of nitrogens with one attached hydrogen (secondary N) is 1. The number of hydrogen-bond donors (Lipinski definition) is 1. The second-order valence-electron chi connectivity index (χ2n) is 3.04. The Kier molecular flexibility index (Phi) is 1.43. The molecule has 2 aliphatic rings. The van der Waals surface area contributed by atoms with Gasteiger partial charge in [0, 0.05) is 23.7 Å². The summed E-state index contributed by atoms with van der Waals surface area (Å²) in [5.41, 5.74) is 2.24. The van der Waals surface area contributed by atoms with Crippen molar-refractivity contribution in [2.24, 2.45) is 5.92 Å². The highest BCUT2D eigenvalue weighted by atomic mass is 14.9. The third-order valence-corrected chi connectivity index (χ3v) is 2.34. The first-order chi connectivity index (χ1) is 5.40. The summed E-state index contributed by atoms with van der Waals surface area (Å²) in [5.74, 6) is 0.606. The van der Waals surface area contributed by atoms with E-state index in [0.717, 1.165) is 18.5 Å². The van der Waals surface area contributed by atoms with Gasteiger partial charge in [-0.2, -0.15) is 5.26 Å². The third-order valence-electron chi connectivity index (χ3n) is 2.34. The van der Waals surface area contributed by atoms with Crippen molar-refractivity contribution < 1.29 is 0 Å². The molecule has 1 heterocycles. The van der Waals surface area contributed by atoms with Crippen molar-refractivity contribution >= 4 is 0 Å². The second kappa shape index (κ2) is 2.43. The Morgan fingerprint density at radius 3 is 3.27 bits per heavy atom. The average molecular weight is 146 g/mol. The lowest BCUT2D eigenvalue weighted by Crippen LogP contribution is -2.09. The molecule has 2 nitrogen and oxygen atoms in total. The molecule has 1 saturated heterocycles. The highest BCUT2D eigenvalue weighted by molar-refractivity contribution is 5.34. The van der Waals surface area contributed by atoms with Gasteiger partial charge in [-0.25, -0.2) is 0 Å². The van der Waals surface area contributed by atoms with Gasteiger partial charge in [0.15, 0.2) is 0 Å². The molecule has 2 heteroatoms. The third kappa shape index (κ3) is 1.03. The minimum Gasteiger partial charge on any atom is -0.388 e. The largest absolute Gasteiger partial charge is 0.388 e. The smallest absolute Gasteiger partial charge is 0.0947 e. The van der Waals surface area contributed by atoms with Crippen LogP contribution in [0, 0.1) is 17.2 Å². The quantitative estimate of drug-likeness (QED) is 0.559. The van der Waals surface area contributed by atoms with Crippen LogP contribution in [0.2, 0.25) is 0 Å². The Morgan fingerprint density at radius 1 is 1.55 bits per heavy atom. The van der Waals surface area contributed by atoms with Gasteiger partial charge in [-0.15, -0.1) is 0 Å². The Morgan fingerprint density at radius 2 is 2.45 bits per heavy atom. The molecule has 56 valence electrons. The molecule has 0 amide bonds. The summed E-state index contributed by atoms with van der Waals surface area (Å²) in [5, 5.41) is 12.0. The molecule has 1 fully saturated rings. The average Bonchev–Trinajstić information content (AvgIpc) is 2.50. The van der Waals surface area contributed by atoms with Gasteiger partial charge in [-0.1, -0.05) is 0 Å². The van der Waals surface area contributed by atoms with Crippen LogP contribution in [0.5, 0.6) is 0 Å². The van der Waals surface area contributed by atoms with Crippen LogP contribution >= 0.6 is 0 Å². The van der Waals surface area contributed by atoms with Crippen molar-refractivity contribution in [2.75, 3.05) is 6.54 Å². The van der Waals surface area contributed by atoms with Crippen LogP contribution in [0.25, 0.3) is 0 Å². The first kappa shape index (κ1) is 6.48. The zero-order chi connectivity index (χ0) is 7.68. The molecule has 0 aromatic rings. The van der Waals surface area contributed by atoms with Gasteiger partial charge in [0.25, 0.3) is 0 Å². The lowest BCUT2D eigenvalue weighted by atomic mass is 9.92. The maximum atomic E-state index is 8.64. The predicted molar refractivity (Wildman–Crippen MR) is 42.5 cm³/mol. The molecule has 2 rings (SSSR count). The van der Waals surface area contributed by atoms with E-state index in [-0.39, 0.29) is 0 Å². The van der Waals surface area contributed by atoms with Gasteiger partial charge >= 0.3 is 0 Å². The van der Waals surface area contributed by atoms with Gasteiger partial charge < -0.3 is 5.32 Å². The second-order valence-corrected chi connectivity index (χ2v) is 3.04. The fraction of sp³-hybridized carbons (Fsp3) is 0.444. The van der Waals surface area contributed by atoms with Gasteiger partial charge in [-0.05, 0) is 25.0 Å². The van der Waals surface area contributed by atoms with Crippen molar-refractivity contribution in [3.8, 4) is 6.07 Å². The minimum absolute atomic E-state index is 0.606. The fourth-order valence-corrected chi connectivity index (χ4v) is 1.70. The SMILES string of the molecule is N#CC1=CC=C2NCCC2C1. The molecule has 0 aromatic heterocycles. The summed E-state index contributed by atoms with van der Waals surface area (Å²) in [6, 6.07) is 2.21. The normalized spacial score (nSPS) is 27.7. The zero-order valence-electron chi connectivity index (χ0n) is 6.30. The molecule has 1 atom stereocenters. The highest BCUT2D eigenvalue weighted by Crippen LogP contribution is 2.29. The van der Waals surface area contributed by atoms with Crippen molar-refractivity contribution in [1.29, 1.82) is 5.26 Å². The topological polar surface area (TPSA) is 35.8 Å². The van der Waals surface area contributed by atoms with E-state index in [1.807, 2.05) is 12.2 Å². The number of hydrogen-bond acceptors (Lipinski definition) is 2. The van der Waals surface area contributed by atoms with Crippen molar-refractivity contribution in [3.05, 3.63) is 23.4 Å². The number of rotatable bonds is 0. The lowest BCUT2D eigenvalue weighted by Gasteiger charge is -2.13. The number of nitrogens with zero attached hydrogens (tertiary/aromatic N) is 1. The molecule has 0 aromatic carbocycles. The molecule has 0 radical (unpaired) electrons. The van der Waals surface area contributed by atoms with Crippen molar-refractivity contribution in [2.45, 2.75) is 12.8 Å². The number of nitriles is 1. The summed E-state index contributed by atoms with van der Waals surface area (Å²) in [6.07, 6.45) is 6.09. The predicted octanol–water partition coefficient (Wildman–Crippen LogP) is 1.33. The number of fused-ring (bicyclic) bond motifs is 1. The van der Waals surface area contributed by atoms with Crippen LogP contribution in [0.4, 0.5) is 0 Å². The van der Waals surface area contributed by atoms with Crippen LogP contribution in [0.15, 0.2) is 23.4 Å². The first-order valence-electron chi connectivity index (χ1n) is 3.95. The van der Waals surface area contributed by atoms with E-state index in [1.54, 1.807) is 0 Å². The van der Waals surface area contributed by atoms with E-state index in [0.29, 0.717) is 5.92 Å². The molecule has 1 unspecified atom stereocenters. The van der Waals surface area contributed by atoms with Crippen LogP contribution in [0.3, 0.4) is 0 Å². The summed E-state index contributed by atoms with van der Waals surface area (Å²) >= 11 is 0. The summed E-state index contributed by atoms with van der Waals surface area (Å²) < 4.78 is 0. The lowest BCUT2D eigenvalue weighted by molar-refractivity contribution is 0.634. The van der Waals surface area contributed by atoms with E-state index in [2.05, 4.69) is 11.4 Å².